The molecule has 0 radical (unpaired) electrons. The lowest BCUT2D eigenvalue weighted by Gasteiger charge is -2.10. The molecule has 3 rings (SSSR count). The molecule has 0 aliphatic heterocycles. The maximum atomic E-state index is 12.3. The molecule has 5 nitrogen and oxygen atoms in total. The molecule has 1 atom stereocenters. The monoisotopic (exact) mass is 380 g/mol. The lowest BCUT2D eigenvalue weighted by atomic mass is 10.1. The van der Waals surface area contributed by atoms with Crippen molar-refractivity contribution in [2.24, 2.45) is 0 Å². The number of aromatic nitrogens is 3. The number of aromatic amines is 1. The number of nitrogens with one attached hydrogen (secondary N) is 2. The van der Waals surface area contributed by atoms with Gasteiger partial charge in [0.1, 0.15) is 0 Å². The quantitative estimate of drug-likeness (QED) is 0.604. The van der Waals surface area contributed by atoms with Gasteiger partial charge in [0, 0.05) is 12.1 Å². The molecule has 6 heteroatoms. The molecule has 1 aromatic heterocycles. The number of aryl methyl sites for hydroxylation is 2. The normalized spacial score (nSPS) is 12.0. The minimum Gasteiger partial charge on any atom is -0.351 e. The molecule has 0 aliphatic carbocycles. The summed E-state index contributed by atoms with van der Waals surface area (Å²) in [7, 11) is 0. The minimum absolute atomic E-state index is 0.0285. The van der Waals surface area contributed by atoms with Crippen LogP contribution in [-0.2, 0) is 17.8 Å². The Morgan fingerprint density at radius 3 is 2.44 bits per heavy atom. The Hall–Kier alpha value is -2.60. The third kappa shape index (κ3) is 5.20. The van der Waals surface area contributed by atoms with E-state index < -0.39 is 0 Å². The highest BCUT2D eigenvalue weighted by molar-refractivity contribution is 8.00. The van der Waals surface area contributed by atoms with E-state index in [0.29, 0.717) is 17.5 Å². The van der Waals surface area contributed by atoms with E-state index in [1.165, 1.54) is 22.9 Å². The van der Waals surface area contributed by atoms with Crippen molar-refractivity contribution in [2.45, 2.75) is 44.1 Å². The van der Waals surface area contributed by atoms with E-state index in [2.05, 4.69) is 39.6 Å². The van der Waals surface area contributed by atoms with Crippen LogP contribution in [0.5, 0.6) is 0 Å². The van der Waals surface area contributed by atoms with Gasteiger partial charge in [-0.15, -0.1) is 5.10 Å². The van der Waals surface area contributed by atoms with E-state index in [-0.39, 0.29) is 11.2 Å². The molecule has 2 N–H and O–H groups in total. The third-order valence-electron chi connectivity index (χ3n) is 4.34. The topological polar surface area (TPSA) is 70.7 Å². The summed E-state index contributed by atoms with van der Waals surface area (Å²) < 4.78 is 0. The van der Waals surface area contributed by atoms with Crippen LogP contribution in [0, 0.1) is 6.92 Å². The number of hydrogen-bond acceptors (Lipinski definition) is 4. The van der Waals surface area contributed by atoms with Gasteiger partial charge >= 0.3 is 0 Å². The highest BCUT2D eigenvalue weighted by Crippen LogP contribution is 2.23. The van der Waals surface area contributed by atoms with E-state index in [9.17, 15) is 4.79 Å². The first kappa shape index (κ1) is 19.2. The van der Waals surface area contributed by atoms with Crippen molar-refractivity contribution in [3.63, 3.8) is 0 Å². The number of benzene rings is 2. The van der Waals surface area contributed by atoms with Gasteiger partial charge in [-0.2, -0.15) is 0 Å². The Labute approximate surface area is 164 Å². The van der Waals surface area contributed by atoms with Crippen LogP contribution in [0.25, 0.3) is 11.4 Å². The van der Waals surface area contributed by atoms with Crippen molar-refractivity contribution in [1.82, 2.24) is 20.5 Å². The summed E-state index contributed by atoms with van der Waals surface area (Å²) in [5.74, 6) is 0.687. The Morgan fingerprint density at radius 2 is 1.78 bits per heavy atom. The van der Waals surface area contributed by atoms with Gasteiger partial charge in [0.2, 0.25) is 11.1 Å². The smallest absolute Gasteiger partial charge is 0.233 e. The SMILES string of the molecule is CCc1ccc(-c2nc(S[C@H](C)C(=O)NCc3ccc(C)cc3)n[nH]2)cc1. The molecule has 0 bridgehead atoms. The zero-order chi connectivity index (χ0) is 19.2. The molecule has 0 saturated heterocycles. The van der Waals surface area contributed by atoms with Gasteiger partial charge in [0.25, 0.3) is 0 Å². The van der Waals surface area contributed by atoms with Crippen LogP contribution in [0.4, 0.5) is 0 Å². The average molecular weight is 381 g/mol. The summed E-state index contributed by atoms with van der Waals surface area (Å²) in [6.45, 7) is 6.56. The molecule has 0 aliphatic rings. The van der Waals surface area contributed by atoms with Crippen LogP contribution >= 0.6 is 11.8 Å². The Morgan fingerprint density at radius 1 is 1.11 bits per heavy atom. The van der Waals surface area contributed by atoms with Crippen LogP contribution in [0.15, 0.2) is 53.7 Å². The predicted molar refractivity (Wildman–Crippen MR) is 110 cm³/mol. The van der Waals surface area contributed by atoms with Gasteiger partial charge in [-0.25, -0.2) is 4.98 Å². The molecule has 0 unspecified atom stereocenters. The van der Waals surface area contributed by atoms with E-state index >= 15 is 0 Å². The third-order valence-corrected chi connectivity index (χ3v) is 5.30. The van der Waals surface area contributed by atoms with Crippen molar-refractivity contribution >= 4 is 17.7 Å². The number of amides is 1. The first-order valence-corrected chi connectivity index (χ1v) is 9.94. The second-order valence-corrected chi connectivity index (χ2v) is 7.79. The molecule has 1 amide bonds. The van der Waals surface area contributed by atoms with Crippen molar-refractivity contribution in [3.05, 3.63) is 65.2 Å². The Kier molecular flexibility index (Phi) is 6.29. The zero-order valence-corrected chi connectivity index (χ0v) is 16.6. The molecule has 140 valence electrons. The molecule has 0 saturated carbocycles. The summed E-state index contributed by atoms with van der Waals surface area (Å²) in [6, 6.07) is 16.4. The van der Waals surface area contributed by atoms with Crippen molar-refractivity contribution < 1.29 is 4.79 Å². The van der Waals surface area contributed by atoms with Crippen LogP contribution in [0.1, 0.15) is 30.5 Å². The number of carbonyl (C=O) groups excluding carboxylic acids is 1. The van der Waals surface area contributed by atoms with Gasteiger partial charge in [-0.05, 0) is 31.4 Å². The van der Waals surface area contributed by atoms with E-state index in [1.54, 1.807) is 0 Å². The molecular weight excluding hydrogens is 356 g/mol. The van der Waals surface area contributed by atoms with Gasteiger partial charge in [0.15, 0.2) is 5.82 Å². The van der Waals surface area contributed by atoms with Crippen LogP contribution in [0.2, 0.25) is 0 Å². The number of nitrogens with zero attached hydrogens (tertiary/aromatic N) is 2. The van der Waals surface area contributed by atoms with Crippen molar-refractivity contribution in [1.29, 1.82) is 0 Å². The average Bonchev–Trinajstić information content (AvgIpc) is 3.15. The lowest BCUT2D eigenvalue weighted by Crippen LogP contribution is -2.30. The lowest BCUT2D eigenvalue weighted by molar-refractivity contribution is -0.120. The maximum absolute atomic E-state index is 12.3. The molecule has 0 spiro atoms. The number of H-pyrrole nitrogens is 1. The van der Waals surface area contributed by atoms with Gasteiger partial charge in [0.05, 0.1) is 5.25 Å². The Balaban J connectivity index is 1.55. The fourth-order valence-electron chi connectivity index (χ4n) is 2.58. The standard InChI is InChI=1S/C21H24N4OS/c1-4-16-9-11-18(12-10-16)19-23-21(25-24-19)27-15(3)20(26)22-13-17-7-5-14(2)6-8-17/h5-12,15H,4,13H2,1-3H3,(H,22,26)(H,23,24,25)/t15-/m1/s1. The summed E-state index contributed by atoms with van der Waals surface area (Å²) >= 11 is 1.35. The molecule has 2 aromatic carbocycles. The van der Waals surface area contributed by atoms with Gasteiger partial charge in [-0.3, -0.25) is 9.89 Å². The van der Waals surface area contributed by atoms with Crippen LogP contribution < -0.4 is 5.32 Å². The summed E-state index contributed by atoms with van der Waals surface area (Å²) in [5, 5.41) is 10.4. The summed E-state index contributed by atoms with van der Waals surface area (Å²) in [5.41, 5.74) is 4.57. The van der Waals surface area contributed by atoms with Crippen LogP contribution in [-0.4, -0.2) is 26.3 Å². The number of hydrogen-bond donors (Lipinski definition) is 2. The highest BCUT2D eigenvalue weighted by Gasteiger charge is 2.17. The minimum atomic E-state index is -0.276. The molecule has 3 aromatic rings. The highest BCUT2D eigenvalue weighted by atomic mass is 32.2. The van der Waals surface area contributed by atoms with Crippen molar-refractivity contribution in [2.75, 3.05) is 0 Å². The molecule has 0 fully saturated rings. The second kappa shape index (κ2) is 8.86. The number of rotatable bonds is 7. The van der Waals surface area contributed by atoms with Gasteiger partial charge in [-0.1, -0.05) is 72.8 Å². The predicted octanol–water partition coefficient (Wildman–Crippen LogP) is 4.14. The first-order chi connectivity index (χ1) is 13.0. The molecular formula is C21H24N4OS. The largest absolute Gasteiger partial charge is 0.351 e. The number of carbonyl (C=O) groups is 1. The van der Waals surface area contributed by atoms with Crippen LogP contribution in [0.3, 0.4) is 0 Å². The fourth-order valence-corrected chi connectivity index (χ4v) is 3.33. The zero-order valence-electron chi connectivity index (χ0n) is 15.8. The van der Waals surface area contributed by atoms with Gasteiger partial charge < -0.3 is 5.32 Å². The molecule has 1 heterocycles. The first-order valence-electron chi connectivity index (χ1n) is 9.06. The van der Waals surface area contributed by atoms with E-state index in [0.717, 1.165) is 17.5 Å². The fraction of sp³-hybridized carbons (Fsp3) is 0.286. The van der Waals surface area contributed by atoms with Crippen molar-refractivity contribution in [3.8, 4) is 11.4 Å². The second-order valence-electron chi connectivity index (χ2n) is 6.48. The number of thioether (sulfide) groups is 1. The Bertz CT molecular complexity index is 887. The maximum Gasteiger partial charge on any atom is 0.233 e. The van der Waals surface area contributed by atoms with E-state index in [1.807, 2.05) is 50.2 Å². The van der Waals surface area contributed by atoms with E-state index in [4.69, 9.17) is 0 Å². The molecule has 27 heavy (non-hydrogen) atoms. The summed E-state index contributed by atoms with van der Waals surface area (Å²) in [4.78, 5) is 16.8. The summed E-state index contributed by atoms with van der Waals surface area (Å²) in [6.07, 6.45) is 1.01.